The van der Waals surface area contributed by atoms with E-state index in [1.807, 2.05) is 60.7 Å². The van der Waals surface area contributed by atoms with Crippen molar-refractivity contribution in [1.82, 2.24) is 9.80 Å². The third-order valence-corrected chi connectivity index (χ3v) is 10.4. The van der Waals surface area contributed by atoms with Gasteiger partial charge in [-0.2, -0.15) is 0 Å². The number of hydrogen-bond acceptors (Lipinski definition) is 8. The van der Waals surface area contributed by atoms with Crippen LogP contribution in [0.1, 0.15) is 25.7 Å². The monoisotopic (exact) mass is 740 g/mol. The molecule has 14 heteroatoms. The quantitative estimate of drug-likeness (QED) is 0.138. The molecule has 2 N–H and O–H groups in total. The average Bonchev–Trinajstić information content (AvgIpc) is 3.58. The number of thioether (sulfide) groups is 2. The number of hydrogen-bond donors (Lipinski definition) is 2. The predicted molar refractivity (Wildman–Crippen MR) is 202 cm³/mol. The molecule has 4 amide bonds. The van der Waals surface area contributed by atoms with E-state index in [-0.39, 0.29) is 49.1 Å². The number of aliphatic imine (C=N–C) groups is 2. The number of carbonyl (C=O) groups excluding carboxylic acids is 4. The van der Waals surface area contributed by atoms with E-state index < -0.39 is 33.9 Å². The average molecular weight is 741 g/mol. The molecule has 0 aromatic heterocycles. The maximum absolute atomic E-state index is 14.1. The highest BCUT2D eigenvalue weighted by Crippen LogP contribution is 2.34. The second-order valence-corrected chi connectivity index (χ2v) is 14.2. The van der Waals surface area contributed by atoms with E-state index in [0.717, 1.165) is 0 Å². The van der Waals surface area contributed by atoms with Crippen LogP contribution >= 0.6 is 23.5 Å². The molecule has 0 spiro atoms. The van der Waals surface area contributed by atoms with Gasteiger partial charge in [0, 0.05) is 25.9 Å². The Morgan fingerprint density at radius 1 is 0.577 bits per heavy atom. The van der Waals surface area contributed by atoms with Gasteiger partial charge in [0.25, 0.3) is 0 Å². The maximum atomic E-state index is 14.1. The molecule has 0 saturated carbocycles. The number of benzene rings is 4. The van der Waals surface area contributed by atoms with Gasteiger partial charge in [0.2, 0.25) is 23.6 Å². The number of anilines is 2. The van der Waals surface area contributed by atoms with E-state index in [0.29, 0.717) is 34.6 Å². The van der Waals surface area contributed by atoms with Crippen LogP contribution in [-0.2, 0) is 19.2 Å². The summed E-state index contributed by atoms with van der Waals surface area (Å²) in [5.41, 5.74) is 1.36. The first-order valence-corrected chi connectivity index (χ1v) is 18.3. The van der Waals surface area contributed by atoms with Gasteiger partial charge < -0.3 is 10.6 Å². The summed E-state index contributed by atoms with van der Waals surface area (Å²) in [6.45, 7) is 0.551. The highest BCUT2D eigenvalue weighted by molar-refractivity contribution is 8.15. The number of amides is 4. The Morgan fingerprint density at radius 2 is 0.942 bits per heavy atom. The molecule has 0 bridgehead atoms. The van der Waals surface area contributed by atoms with Gasteiger partial charge in [0.05, 0.1) is 22.7 Å². The Kier molecular flexibility index (Phi) is 12.1. The zero-order valence-corrected chi connectivity index (χ0v) is 29.4. The topological polar surface area (TPSA) is 124 Å². The number of unbranched alkanes of at least 4 members (excludes halogenated alkanes) is 1. The number of para-hydroxylation sites is 4. The summed E-state index contributed by atoms with van der Waals surface area (Å²) < 4.78 is 28.3. The smallest absolute Gasteiger partial charge is 0.242 e. The summed E-state index contributed by atoms with van der Waals surface area (Å²) >= 11 is 2.36. The molecule has 52 heavy (non-hydrogen) atoms. The van der Waals surface area contributed by atoms with E-state index in [2.05, 4.69) is 10.6 Å². The zero-order chi connectivity index (χ0) is 36.5. The van der Waals surface area contributed by atoms with Gasteiger partial charge in [0.15, 0.2) is 10.3 Å². The summed E-state index contributed by atoms with van der Waals surface area (Å²) in [5, 5.41) is 4.46. The van der Waals surface area contributed by atoms with Crippen molar-refractivity contribution in [3.8, 4) is 0 Å². The Labute approximate surface area is 307 Å². The van der Waals surface area contributed by atoms with Crippen LogP contribution < -0.4 is 10.6 Å². The minimum atomic E-state index is -0.758. The van der Waals surface area contributed by atoms with Crippen molar-refractivity contribution >= 4 is 80.2 Å². The molecule has 0 aliphatic carbocycles. The third-order valence-electron chi connectivity index (χ3n) is 8.05. The molecule has 0 unspecified atom stereocenters. The van der Waals surface area contributed by atoms with E-state index in [9.17, 15) is 28.0 Å². The van der Waals surface area contributed by atoms with Crippen LogP contribution in [0.2, 0.25) is 0 Å². The van der Waals surface area contributed by atoms with Crippen LogP contribution in [0.4, 0.5) is 31.5 Å². The van der Waals surface area contributed by atoms with Crippen molar-refractivity contribution in [1.29, 1.82) is 0 Å². The van der Waals surface area contributed by atoms with E-state index in [4.69, 9.17) is 9.98 Å². The van der Waals surface area contributed by atoms with Crippen molar-refractivity contribution in [3.63, 3.8) is 0 Å². The molecular weight excluding hydrogens is 707 g/mol. The molecule has 2 heterocycles. The molecule has 2 aliphatic rings. The third kappa shape index (κ3) is 9.30. The molecule has 0 radical (unpaired) electrons. The highest BCUT2D eigenvalue weighted by atomic mass is 32.2. The number of nitrogens with one attached hydrogen (secondary N) is 2. The number of rotatable bonds is 13. The lowest BCUT2D eigenvalue weighted by atomic mass is 10.2. The lowest BCUT2D eigenvalue weighted by Crippen LogP contribution is -2.36. The molecule has 2 aliphatic heterocycles. The molecular formula is C38H34F2N6O4S2. The zero-order valence-electron chi connectivity index (χ0n) is 27.8. The fourth-order valence-electron chi connectivity index (χ4n) is 5.49. The number of carbonyl (C=O) groups is 4. The van der Waals surface area contributed by atoms with Gasteiger partial charge in [-0.3, -0.25) is 29.0 Å². The number of halogens is 2. The van der Waals surface area contributed by atoms with Gasteiger partial charge in [0.1, 0.15) is 22.1 Å². The van der Waals surface area contributed by atoms with E-state index >= 15 is 0 Å². The maximum Gasteiger partial charge on any atom is 0.242 e. The van der Waals surface area contributed by atoms with Crippen LogP contribution in [0.25, 0.3) is 0 Å². The number of amidine groups is 2. The molecule has 10 nitrogen and oxygen atoms in total. The van der Waals surface area contributed by atoms with Crippen LogP contribution in [-0.4, -0.2) is 67.4 Å². The summed E-state index contributed by atoms with van der Waals surface area (Å²) in [5.74, 6) is -2.71. The Balaban J connectivity index is 1.11. The minimum absolute atomic E-state index is 0.0377. The normalized spacial score (nSPS) is 18.7. The summed E-state index contributed by atoms with van der Waals surface area (Å²) in [7, 11) is 0. The first-order valence-electron chi connectivity index (χ1n) is 16.6. The van der Waals surface area contributed by atoms with Crippen LogP contribution in [0.3, 0.4) is 0 Å². The first kappa shape index (κ1) is 36.5. The molecule has 2 atom stereocenters. The van der Waals surface area contributed by atoms with Crippen molar-refractivity contribution in [2.75, 3.05) is 23.7 Å². The summed E-state index contributed by atoms with van der Waals surface area (Å²) in [6.07, 6.45) is 0.624. The Morgan fingerprint density at radius 3 is 1.33 bits per heavy atom. The lowest BCUT2D eigenvalue weighted by molar-refractivity contribution is -0.128. The van der Waals surface area contributed by atoms with Crippen molar-refractivity contribution in [3.05, 3.63) is 121 Å². The van der Waals surface area contributed by atoms with Gasteiger partial charge >= 0.3 is 0 Å². The standard InChI is InChI=1S/C38H34F2N6O4S2/c39-27-17-7-9-19-29(27)43-33(47)23-31-35(49)45(37(51-31)41-25-13-3-1-4-14-25)21-11-12-22-46-36(50)32(52-38(46)42-26-15-5-2-6-16-26)24-34(48)44-30-20-10-8-18-28(30)40/h1-10,13-20,31-32H,11-12,21-24H2,(H,43,47)(H,44,48)/t31-,32-/m1/s1. The Bertz CT molecular complexity index is 1860. The molecule has 4 aromatic rings. The van der Waals surface area contributed by atoms with E-state index in [1.54, 1.807) is 21.9 Å². The largest absolute Gasteiger partial charge is 0.324 e. The lowest BCUT2D eigenvalue weighted by Gasteiger charge is -2.19. The van der Waals surface area contributed by atoms with E-state index in [1.165, 1.54) is 59.9 Å². The fourth-order valence-corrected chi connectivity index (χ4v) is 7.86. The highest BCUT2D eigenvalue weighted by Gasteiger charge is 2.41. The molecule has 6 rings (SSSR count). The van der Waals surface area contributed by atoms with Crippen LogP contribution in [0, 0.1) is 11.6 Å². The fraction of sp³-hybridized carbons (Fsp3) is 0.211. The van der Waals surface area contributed by atoms with Crippen molar-refractivity contribution in [2.45, 2.75) is 36.2 Å². The second kappa shape index (κ2) is 17.2. The van der Waals surface area contributed by atoms with Gasteiger partial charge in [-0.15, -0.1) is 0 Å². The molecule has 266 valence electrons. The van der Waals surface area contributed by atoms with Gasteiger partial charge in [-0.05, 0) is 61.4 Å². The van der Waals surface area contributed by atoms with Crippen molar-refractivity contribution in [2.24, 2.45) is 9.98 Å². The summed E-state index contributed by atoms with van der Waals surface area (Å²) in [4.78, 5) is 65.4. The van der Waals surface area contributed by atoms with Crippen LogP contribution in [0.15, 0.2) is 119 Å². The van der Waals surface area contributed by atoms with Gasteiger partial charge in [-0.1, -0.05) is 84.2 Å². The minimum Gasteiger partial charge on any atom is -0.324 e. The molecule has 2 fully saturated rings. The Hall–Kier alpha value is -5.34. The molecule has 4 aromatic carbocycles. The predicted octanol–water partition coefficient (Wildman–Crippen LogP) is 7.37. The van der Waals surface area contributed by atoms with Crippen molar-refractivity contribution < 1.29 is 28.0 Å². The SMILES string of the molecule is O=C(C[C@H]1SC(=Nc2ccccc2)N(CCCCN2C(=O)[C@@H](CC(=O)Nc3ccccc3F)SC2=Nc2ccccc2)C1=O)Nc1ccccc1F. The first-order chi connectivity index (χ1) is 25.2. The molecule has 2 saturated heterocycles. The number of nitrogens with zero attached hydrogens (tertiary/aromatic N) is 4. The van der Waals surface area contributed by atoms with Gasteiger partial charge in [-0.25, -0.2) is 18.8 Å². The summed E-state index contributed by atoms with van der Waals surface area (Å²) in [6, 6.07) is 30.0. The van der Waals surface area contributed by atoms with Crippen LogP contribution in [0.5, 0.6) is 0 Å². The second-order valence-electron chi connectivity index (χ2n) is 11.8.